The van der Waals surface area contributed by atoms with Gasteiger partial charge in [0.1, 0.15) is 0 Å². The number of ether oxygens (including phenoxy) is 1. The van der Waals surface area contributed by atoms with Crippen LogP contribution >= 0.6 is 0 Å². The Balaban J connectivity index is 1.74. The standard InChI is InChI=1S/C30H30N4O3/c1-5-22-13-9-10-14-26(22)23-15-24(27(35)32-20(2)19-36-4)17-25(16-23)28-33-34-29(37-28)30(3,31)18-21-11-7-6-8-12-21/h1,6-17,20H,18-19,31H2,2-4H3,(H,32,35)/t20?,30-/m1/s1. The van der Waals surface area contributed by atoms with Gasteiger partial charge in [0, 0.05) is 29.8 Å². The third kappa shape index (κ3) is 6.12. The SMILES string of the molecule is C#Cc1ccccc1-c1cc(C(=O)NC(C)COC)cc(-c2nnc([C@](C)(N)Cc3ccccc3)o2)c1. The second kappa shape index (κ2) is 11.2. The Kier molecular flexibility index (Phi) is 7.83. The Hall–Kier alpha value is -4.25. The first-order valence-corrected chi connectivity index (χ1v) is 12.0. The largest absolute Gasteiger partial charge is 0.419 e. The predicted octanol–water partition coefficient (Wildman–Crippen LogP) is 4.57. The second-order valence-electron chi connectivity index (χ2n) is 9.31. The van der Waals surface area contributed by atoms with Crippen LogP contribution in [-0.2, 0) is 16.7 Å². The summed E-state index contributed by atoms with van der Waals surface area (Å²) in [6, 6.07) is 22.7. The second-order valence-corrected chi connectivity index (χ2v) is 9.31. The number of nitrogens with two attached hydrogens (primary N) is 1. The van der Waals surface area contributed by atoms with Gasteiger partial charge >= 0.3 is 0 Å². The number of hydrogen-bond acceptors (Lipinski definition) is 6. The number of methoxy groups -OCH3 is 1. The Morgan fingerprint density at radius 3 is 2.54 bits per heavy atom. The lowest BCUT2D eigenvalue weighted by molar-refractivity contribution is 0.0905. The molecule has 1 heterocycles. The van der Waals surface area contributed by atoms with Crippen LogP contribution in [0.1, 0.15) is 41.2 Å². The maximum atomic E-state index is 13.1. The van der Waals surface area contributed by atoms with Crippen LogP contribution in [-0.4, -0.2) is 35.9 Å². The summed E-state index contributed by atoms with van der Waals surface area (Å²) in [7, 11) is 1.59. The Morgan fingerprint density at radius 1 is 1.11 bits per heavy atom. The molecular formula is C30H30N4O3. The molecule has 3 N–H and O–H groups in total. The summed E-state index contributed by atoms with van der Waals surface area (Å²) in [4.78, 5) is 13.1. The summed E-state index contributed by atoms with van der Waals surface area (Å²) in [5.74, 6) is 3.03. The average Bonchev–Trinajstić information content (AvgIpc) is 3.40. The van der Waals surface area contributed by atoms with E-state index in [-0.39, 0.29) is 17.8 Å². The van der Waals surface area contributed by atoms with Crippen molar-refractivity contribution < 1.29 is 13.9 Å². The summed E-state index contributed by atoms with van der Waals surface area (Å²) in [5.41, 5.74) is 10.1. The summed E-state index contributed by atoms with van der Waals surface area (Å²) >= 11 is 0. The highest BCUT2D eigenvalue weighted by atomic mass is 16.5. The molecule has 0 aliphatic heterocycles. The molecule has 37 heavy (non-hydrogen) atoms. The Bertz CT molecular complexity index is 1420. The fraction of sp³-hybridized carbons (Fsp3) is 0.233. The number of aromatic nitrogens is 2. The summed E-state index contributed by atoms with van der Waals surface area (Å²) in [6.07, 6.45) is 6.27. The van der Waals surface area contributed by atoms with E-state index >= 15 is 0 Å². The molecule has 0 aliphatic carbocycles. The minimum absolute atomic E-state index is 0.173. The normalized spacial score (nSPS) is 13.4. The zero-order valence-electron chi connectivity index (χ0n) is 21.2. The van der Waals surface area contributed by atoms with E-state index in [9.17, 15) is 4.79 Å². The number of benzene rings is 3. The van der Waals surface area contributed by atoms with E-state index < -0.39 is 5.54 Å². The molecule has 0 spiro atoms. The molecule has 7 heteroatoms. The van der Waals surface area contributed by atoms with Gasteiger partial charge in [0.05, 0.1) is 12.1 Å². The third-order valence-corrected chi connectivity index (χ3v) is 5.96. The molecule has 0 aliphatic rings. The smallest absolute Gasteiger partial charge is 0.251 e. The highest BCUT2D eigenvalue weighted by molar-refractivity contribution is 5.97. The highest BCUT2D eigenvalue weighted by Gasteiger charge is 2.29. The molecule has 1 aromatic heterocycles. The first-order valence-electron chi connectivity index (χ1n) is 12.0. The van der Waals surface area contributed by atoms with Gasteiger partial charge in [-0.2, -0.15) is 0 Å². The lowest BCUT2D eigenvalue weighted by atomic mass is 9.94. The molecule has 1 amide bonds. The quantitative estimate of drug-likeness (QED) is 0.331. The van der Waals surface area contributed by atoms with Crippen LogP contribution in [0.5, 0.6) is 0 Å². The third-order valence-electron chi connectivity index (χ3n) is 5.96. The van der Waals surface area contributed by atoms with Crippen LogP contribution in [0.2, 0.25) is 0 Å². The van der Waals surface area contributed by atoms with Crippen molar-refractivity contribution >= 4 is 5.91 Å². The topological polar surface area (TPSA) is 103 Å². The molecule has 188 valence electrons. The summed E-state index contributed by atoms with van der Waals surface area (Å²) in [6.45, 7) is 4.12. The number of nitrogens with one attached hydrogen (secondary N) is 1. The lowest BCUT2D eigenvalue weighted by Crippen LogP contribution is -2.35. The van der Waals surface area contributed by atoms with Crippen molar-refractivity contribution in [3.63, 3.8) is 0 Å². The zero-order chi connectivity index (χ0) is 26.4. The molecule has 0 fully saturated rings. The van der Waals surface area contributed by atoms with Crippen LogP contribution in [0.15, 0.2) is 77.2 Å². The van der Waals surface area contributed by atoms with Gasteiger partial charge in [-0.3, -0.25) is 4.79 Å². The fourth-order valence-corrected chi connectivity index (χ4v) is 4.16. The van der Waals surface area contributed by atoms with E-state index in [1.54, 1.807) is 19.2 Å². The highest BCUT2D eigenvalue weighted by Crippen LogP contribution is 2.31. The van der Waals surface area contributed by atoms with E-state index in [1.165, 1.54) is 0 Å². The molecule has 0 saturated carbocycles. The first-order chi connectivity index (χ1) is 17.8. The van der Waals surface area contributed by atoms with E-state index in [2.05, 4.69) is 21.4 Å². The number of rotatable bonds is 9. The van der Waals surface area contributed by atoms with Crippen molar-refractivity contribution in [1.82, 2.24) is 15.5 Å². The van der Waals surface area contributed by atoms with Gasteiger partial charge in [0.15, 0.2) is 0 Å². The van der Waals surface area contributed by atoms with Gasteiger partial charge in [0.25, 0.3) is 5.91 Å². The zero-order valence-corrected chi connectivity index (χ0v) is 21.2. The molecule has 0 bridgehead atoms. The van der Waals surface area contributed by atoms with E-state index in [0.717, 1.165) is 16.7 Å². The minimum Gasteiger partial charge on any atom is -0.419 e. The van der Waals surface area contributed by atoms with Crippen LogP contribution in [0.4, 0.5) is 0 Å². The van der Waals surface area contributed by atoms with Gasteiger partial charge in [-0.1, -0.05) is 54.5 Å². The van der Waals surface area contributed by atoms with Gasteiger partial charge in [-0.25, -0.2) is 0 Å². The van der Waals surface area contributed by atoms with Crippen LogP contribution in [0.3, 0.4) is 0 Å². The van der Waals surface area contributed by atoms with Gasteiger partial charge in [-0.15, -0.1) is 16.6 Å². The molecule has 1 unspecified atom stereocenters. The number of carbonyl (C=O) groups is 1. The Morgan fingerprint density at radius 2 is 1.81 bits per heavy atom. The van der Waals surface area contributed by atoms with Crippen molar-refractivity contribution in [3.05, 3.63) is 95.4 Å². The van der Waals surface area contributed by atoms with Crippen molar-refractivity contribution in [1.29, 1.82) is 0 Å². The van der Waals surface area contributed by atoms with Crippen LogP contribution in [0.25, 0.3) is 22.6 Å². The number of carbonyl (C=O) groups excluding carboxylic acids is 1. The van der Waals surface area contributed by atoms with E-state index in [4.69, 9.17) is 21.3 Å². The first kappa shape index (κ1) is 25.8. The minimum atomic E-state index is -0.879. The number of terminal acetylenes is 1. The number of nitrogens with zero attached hydrogens (tertiary/aromatic N) is 2. The van der Waals surface area contributed by atoms with Crippen LogP contribution < -0.4 is 11.1 Å². The van der Waals surface area contributed by atoms with Crippen LogP contribution in [0, 0.1) is 12.3 Å². The molecule has 3 aromatic carbocycles. The summed E-state index contributed by atoms with van der Waals surface area (Å²) in [5, 5.41) is 11.5. The van der Waals surface area contributed by atoms with E-state index in [0.29, 0.717) is 35.6 Å². The maximum Gasteiger partial charge on any atom is 0.251 e. The monoisotopic (exact) mass is 494 g/mol. The molecule has 4 rings (SSSR count). The van der Waals surface area contributed by atoms with Crippen molar-refractivity contribution in [2.45, 2.75) is 31.8 Å². The Labute approximate surface area is 217 Å². The number of hydrogen-bond donors (Lipinski definition) is 2. The van der Waals surface area contributed by atoms with E-state index in [1.807, 2.05) is 74.5 Å². The molecule has 7 nitrogen and oxygen atoms in total. The van der Waals surface area contributed by atoms with Gasteiger partial charge < -0.3 is 20.2 Å². The van der Waals surface area contributed by atoms with Gasteiger partial charge in [0.2, 0.25) is 11.8 Å². The number of amides is 1. The lowest BCUT2D eigenvalue weighted by Gasteiger charge is -2.20. The molecule has 0 radical (unpaired) electrons. The summed E-state index contributed by atoms with van der Waals surface area (Å²) < 4.78 is 11.2. The molecule has 0 saturated heterocycles. The molecule has 4 aromatic rings. The van der Waals surface area contributed by atoms with Crippen molar-refractivity contribution in [3.8, 4) is 34.9 Å². The maximum absolute atomic E-state index is 13.1. The van der Waals surface area contributed by atoms with Crippen molar-refractivity contribution in [2.75, 3.05) is 13.7 Å². The molecular weight excluding hydrogens is 464 g/mol. The molecule has 2 atom stereocenters. The predicted molar refractivity (Wildman–Crippen MR) is 144 cm³/mol. The average molecular weight is 495 g/mol. The van der Waals surface area contributed by atoms with Gasteiger partial charge in [-0.05, 0) is 61.2 Å². The van der Waals surface area contributed by atoms with Crippen molar-refractivity contribution in [2.24, 2.45) is 5.73 Å². The fourth-order valence-electron chi connectivity index (χ4n) is 4.16.